The number of likely N-dealkylation sites (tertiary alicyclic amines) is 2. The van der Waals surface area contributed by atoms with Gasteiger partial charge in [-0.2, -0.15) is 0 Å². The standard InChI is InChI=1S/C33H45ClN6O2/c1-23-29(24(2)36-31(34)35-23)30(41)37-20-16-33(3,17-21-37)38-18-14-27(15-19-38)40-28(25-10-6-4-7-11-25)22-39(32(40)42)26-12-8-5-9-13-26/h4,6-7,10-11,26-28H,5,8-9,12-22H2,1-3H3/t28-/m0/s1. The number of halogens is 1. The van der Waals surface area contributed by atoms with E-state index < -0.39 is 0 Å². The van der Waals surface area contributed by atoms with Gasteiger partial charge in [-0.05, 0) is 76.5 Å². The van der Waals surface area contributed by atoms with Crippen molar-refractivity contribution >= 4 is 23.5 Å². The molecule has 0 bridgehead atoms. The van der Waals surface area contributed by atoms with Crippen molar-refractivity contribution in [3.8, 4) is 0 Å². The van der Waals surface area contributed by atoms with Crippen molar-refractivity contribution in [3.63, 3.8) is 0 Å². The van der Waals surface area contributed by atoms with Gasteiger partial charge in [-0.3, -0.25) is 9.69 Å². The second-order valence-corrected chi connectivity index (χ2v) is 13.4. The minimum absolute atomic E-state index is 0.00412. The Bertz CT molecular complexity index is 1260. The molecule has 42 heavy (non-hydrogen) atoms. The molecule has 3 saturated heterocycles. The number of nitrogens with zero attached hydrogens (tertiary/aromatic N) is 6. The van der Waals surface area contributed by atoms with Crippen molar-refractivity contribution in [2.45, 2.75) is 102 Å². The van der Waals surface area contributed by atoms with Crippen LogP contribution in [0.3, 0.4) is 0 Å². The van der Waals surface area contributed by atoms with Crippen LogP contribution in [-0.2, 0) is 0 Å². The molecule has 6 rings (SSSR count). The summed E-state index contributed by atoms with van der Waals surface area (Å²) in [5.41, 5.74) is 3.16. The molecule has 0 N–H and O–H groups in total. The van der Waals surface area contributed by atoms with Crippen LogP contribution in [0, 0.1) is 13.8 Å². The van der Waals surface area contributed by atoms with Crippen LogP contribution in [0.4, 0.5) is 4.79 Å². The monoisotopic (exact) mass is 592 g/mol. The third kappa shape index (κ3) is 5.64. The summed E-state index contributed by atoms with van der Waals surface area (Å²) in [6.45, 7) is 10.2. The summed E-state index contributed by atoms with van der Waals surface area (Å²) in [4.78, 5) is 44.9. The summed E-state index contributed by atoms with van der Waals surface area (Å²) >= 11 is 6.00. The number of urea groups is 1. The number of carbonyl (C=O) groups excluding carboxylic acids is 2. The van der Waals surface area contributed by atoms with Gasteiger partial charge in [0.1, 0.15) is 0 Å². The van der Waals surface area contributed by atoms with E-state index in [9.17, 15) is 9.59 Å². The Morgan fingerprint density at radius 2 is 1.50 bits per heavy atom. The van der Waals surface area contributed by atoms with E-state index in [0.29, 0.717) is 36.1 Å². The smallest absolute Gasteiger partial charge is 0.321 e. The van der Waals surface area contributed by atoms with Gasteiger partial charge in [-0.25, -0.2) is 14.8 Å². The number of piperidine rings is 2. The number of benzene rings is 1. The molecule has 1 atom stereocenters. The van der Waals surface area contributed by atoms with Gasteiger partial charge in [-0.15, -0.1) is 0 Å². The number of carbonyl (C=O) groups is 2. The molecule has 0 unspecified atom stereocenters. The number of rotatable bonds is 5. The molecule has 9 heteroatoms. The fraction of sp³-hybridized carbons (Fsp3) is 0.636. The molecule has 1 saturated carbocycles. The van der Waals surface area contributed by atoms with Crippen LogP contribution in [-0.4, -0.2) is 91.9 Å². The molecule has 1 aromatic heterocycles. The van der Waals surface area contributed by atoms with E-state index in [1.54, 1.807) is 0 Å². The van der Waals surface area contributed by atoms with Crippen molar-refractivity contribution < 1.29 is 9.59 Å². The molecule has 2 aromatic rings. The number of aromatic nitrogens is 2. The second-order valence-electron chi connectivity index (χ2n) is 13.1. The number of aryl methyl sites for hydroxylation is 2. The fourth-order valence-electron chi connectivity index (χ4n) is 8.02. The highest BCUT2D eigenvalue weighted by molar-refractivity contribution is 6.28. The molecule has 226 valence electrons. The van der Waals surface area contributed by atoms with Gasteiger partial charge >= 0.3 is 6.03 Å². The summed E-state index contributed by atoms with van der Waals surface area (Å²) in [6, 6.07) is 11.7. The lowest BCUT2D eigenvalue weighted by molar-refractivity contribution is 0.00484. The third-order valence-corrected chi connectivity index (χ3v) is 10.7. The van der Waals surface area contributed by atoms with Crippen molar-refractivity contribution in [2.75, 3.05) is 32.7 Å². The average molecular weight is 593 g/mol. The first kappa shape index (κ1) is 29.4. The van der Waals surface area contributed by atoms with Gasteiger partial charge in [0.15, 0.2) is 0 Å². The quantitative estimate of drug-likeness (QED) is 0.397. The Hall–Kier alpha value is -2.71. The Labute approximate surface area is 255 Å². The lowest BCUT2D eigenvalue weighted by Crippen LogP contribution is -2.58. The normalized spacial score (nSPS) is 24.4. The van der Waals surface area contributed by atoms with Gasteiger partial charge in [0.05, 0.1) is 23.0 Å². The minimum atomic E-state index is 0.00412. The van der Waals surface area contributed by atoms with Gasteiger partial charge in [-0.1, -0.05) is 49.6 Å². The van der Waals surface area contributed by atoms with E-state index in [2.05, 4.69) is 61.9 Å². The largest absolute Gasteiger partial charge is 0.338 e. The Morgan fingerprint density at radius 1 is 0.881 bits per heavy atom. The van der Waals surface area contributed by atoms with Crippen LogP contribution in [0.15, 0.2) is 30.3 Å². The van der Waals surface area contributed by atoms with Crippen molar-refractivity contribution in [1.29, 1.82) is 0 Å². The summed E-state index contributed by atoms with van der Waals surface area (Å²) in [5, 5.41) is 0.184. The predicted molar refractivity (Wildman–Crippen MR) is 165 cm³/mol. The maximum atomic E-state index is 14.0. The number of amides is 3. The predicted octanol–water partition coefficient (Wildman–Crippen LogP) is 6.02. The van der Waals surface area contributed by atoms with Crippen LogP contribution in [0.25, 0.3) is 0 Å². The van der Waals surface area contributed by atoms with Crippen LogP contribution >= 0.6 is 11.6 Å². The maximum absolute atomic E-state index is 14.0. The van der Waals surface area contributed by atoms with Gasteiger partial charge < -0.3 is 14.7 Å². The van der Waals surface area contributed by atoms with E-state index in [4.69, 9.17) is 11.6 Å². The highest BCUT2D eigenvalue weighted by Gasteiger charge is 2.46. The van der Waals surface area contributed by atoms with Crippen LogP contribution in [0.2, 0.25) is 5.28 Å². The van der Waals surface area contributed by atoms with Crippen LogP contribution in [0.1, 0.15) is 98.1 Å². The molecule has 4 aliphatic rings. The molecule has 3 aliphatic heterocycles. The molecule has 0 spiro atoms. The first-order valence-corrected chi connectivity index (χ1v) is 16.3. The second kappa shape index (κ2) is 12.1. The lowest BCUT2D eigenvalue weighted by Gasteiger charge is -2.50. The van der Waals surface area contributed by atoms with Gasteiger partial charge in [0, 0.05) is 50.3 Å². The molecule has 4 heterocycles. The van der Waals surface area contributed by atoms with E-state index in [-0.39, 0.29) is 34.8 Å². The highest BCUT2D eigenvalue weighted by atomic mass is 35.5. The molecule has 0 radical (unpaired) electrons. The first-order valence-electron chi connectivity index (χ1n) is 15.9. The Morgan fingerprint density at radius 3 is 2.12 bits per heavy atom. The Balaban J connectivity index is 1.10. The number of hydrogen-bond acceptors (Lipinski definition) is 5. The number of hydrogen-bond donors (Lipinski definition) is 0. The zero-order chi connectivity index (χ0) is 29.4. The molecule has 4 fully saturated rings. The summed E-state index contributed by atoms with van der Waals surface area (Å²) in [7, 11) is 0. The van der Waals surface area contributed by atoms with Crippen molar-refractivity contribution in [3.05, 3.63) is 58.1 Å². The molecule has 3 amide bonds. The SMILES string of the molecule is Cc1nc(Cl)nc(C)c1C(=O)N1CCC(C)(N2CCC(N3C(=O)N(C4CCCCC4)C[C@H]3c3ccccc3)CC2)CC1. The molecular weight excluding hydrogens is 548 g/mol. The summed E-state index contributed by atoms with van der Waals surface area (Å²) in [5.74, 6) is 0.00412. The summed E-state index contributed by atoms with van der Waals surface area (Å²) < 4.78 is 0. The fourth-order valence-corrected chi connectivity index (χ4v) is 8.27. The van der Waals surface area contributed by atoms with E-state index in [1.165, 1.54) is 24.8 Å². The lowest BCUT2D eigenvalue weighted by atomic mass is 9.85. The Kier molecular flexibility index (Phi) is 8.47. The van der Waals surface area contributed by atoms with Gasteiger partial charge in [0.2, 0.25) is 5.28 Å². The molecule has 8 nitrogen and oxygen atoms in total. The maximum Gasteiger partial charge on any atom is 0.321 e. The minimum Gasteiger partial charge on any atom is -0.338 e. The highest BCUT2D eigenvalue weighted by Crippen LogP contribution is 2.39. The van der Waals surface area contributed by atoms with E-state index >= 15 is 0 Å². The third-order valence-electron chi connectivity index (χ3n) is 10.6. The zero-order valence-electron chi connectivity index (χ0n) is 25.4. The zero-order valence-corrected chi connectivity index (χ0v) is 26.2. The van der Waals surface area contributed by atoms with E-state index in [0.717, 1.165) is 58.2 Å². The molecule has 1 aromatic carbocycles. The van der Waals surface area contributed by atoms with Crippen LogP contribution < -0.4 is 0 Å². The molecule has 1 aliphatic carbocycles. The van der Waals surface area contributed by atoms with E-state index in [1.807, 2.05) is 18.7 Å². The van der Waals surface area contributed by atoms with Crippen molar-refractivity contribution in [1.82, 2.24) is 29.6 Å². The molecular formula is C33H45ClN6O2. The first-order chi connectivity index (χ1) is 20.2. The van der Waals surface area contributed by atoms with Crippen LogP contribution in [0.5, 0.6) is 0 Å². The van der Waals surface area contributed by atoms with Gasteiger partial charge in [0.25, 0.3) is 5.91 Å². The topological polar surface area (TPSA) is 72.9 Å². The summed E-state index contributed by atoms with van der Waals surface area (Å²) in [6.07, 6.45) is 9.89. The average Bonchev–Trinajstić information content (AvgIpc) is 3.35. The van der Waals surface area contributed by atoms with Crippen molar-refractivity contribution in [2.24, 2.45) is 0 Å².